The predicted octanol–water partition coefficient (Wildman–Crippen LogP) is 7.41. The van der Waals surface area contributed by atoms with E-state index in [-0.39, 0.29) is 169 Å². The fourth-order valence-corrected chi connectivity index (χ4v) is 16.3. The van der Waals surface area contributed by atoms with Crippen LogP contribution in [0, 0.1) is 23.7 Å². The number of hydrogen-bond acceptors (Lipinski definition) is 30. The second kappa shape index (κ2) is 47.6. The second-order valence-electron chi connectivity index (χ2n) is 24.0. The van der Waals surface area contributed by atoms with E-state index >= 15 is 0 Å². The first kappa shape index (κ1) is 90.4. The van der Waals surface area contributed by atoms with Crippen LogP contribution in [0.3, 0.4) is 0 Å². The molecule has 41 heteroatoms. The van der Waals surface area contributed by atoms with Crippen LogP contribution in [0.15, 0.2) is 97.1 Å². The van der Waals surface area contributed by atoms with E-state index in [9.17, 15) is 93.1 Å². The predicted molar refractivity (Wildman–Crippen MR) is 420 cm³/mol. The zero-order valence-electron chi connectivity index (χ0n) is 60.7. The molecule has 0 saturated carbocycles. The summed E-state index contributed by atoms with van der Waals surface area (Å²) < 4.78 is 84.1. The Morgan fingerprint density at radius 1 is 0.509 bits per heavy atom. The number of para-hydroxylation sites is 2. The molecule has 3 saturated heterocycles. The molecule has 8 amide bonds. The molecule has 112 heavy (non-hydrogen) atoms. The number of thiocarbonyl (C=S) groups is 1. The number of imide groups is 3. The fraction of sp³-hybridized carbons (Fsp3) is 0.394. The summed E-state index contributed by atoms with van der Waals surface area (Å²) >= 11 is 3.56. The van der Waals surface area contributed by atoms with E-state index in [0.717, 1.165) is 28.6 Å². The summed E-state index contributed by atoms with van der Waals surface area (Å²) in [6, 6.07) is 29.6. The average Bonchev–Trinajstić information content (AvgIpc) is 1.63. The van der Waals surface area contributed by atoms with Crippen LogP contribution < -0.4 is 15.7 Å². The number of ether oxygens (including phenoxy) is 1. The van der Waals surface area contributed by atoms with Gasteiger partial charge in [0.05, 0.1) is 31.1 Å². The van der Waals surface area contributed by atoms with Crippen LogP contribution in [0.25, 0.3) is 0 Å². The molecule has 5 aliphatic rings. The number of nitrogens with two attached hydrogens (primary N) is 1. The number of thiol groups is 1. The van der Waals surface area contributed by atoms with Gasteiger partial charge in [-0.15, -0.1) is 0 Å². The molecule has 4 aromatic carbocycles. The van der Waals surface area contributed by atoms with Gasteiger partial charge < -0.3 is 19.6 Å². The van der Waals surface area contributed by atoms with Crippen LogP contribution in [0.1, 0.15) is 149 Å². The summed E-state index contributed by atoms with van der Waals surface area (Å²) in [7, 11) is -4.03. The van der Waals surface area contributed by atoms with Gasteiger partial charge in [-0.2, -0.15) is 21.6 Å². The molecule has 0 aromatic heterocycles. The fourth-order valence-electron chi connectivity index (χ4n) is 10.7. The van der Waals surface area contributed by atoms with E-state index in [0.29, 0.717) is 57.1 Å². The van der Waals surface area contributed by atoms with Crippen LogP contribution >= 0.6 is 66.5 Å². The molecule has 4 aromatic rings. The number of hydrogen-bond donors (Lipinski definition) is 5. The summed E-state index contributed by atoms with van der Waals surface area (Å²) in [5.74, 6) is 12.4. The van der Waals surface area contributed by atoms with Crippen molar-refractivity contribution in [3.8, 4) is 23.7 Å². The summed E-state index contributed by atoms with van der Waals surface area (Å²) in [4.78, 5) is 183. The third-order valence-electron chi connectivity index (χ3n) is 16.1. The number of anilines is 2. The van der Waals surface area contributed by atoms with Crippen LogP contribution in [0.2, 0.25) is 0 Å². The molecular formula is C71H77BN6O26S8. The molecule has 0 spiro atoms. The molecule has 5 heterocycles. The topological polar surface area (TPSA) is 456 Å². The summed E-state index contributed by atoms with van der Waals surface area (Å²) in [5.41, 5.74) is 6.07. The molecule has 3 unspecified atom stereocenters. The first-order valence-electron chi connectivity index (χ1n) is 34.6. The van der Waals surface area contributed by atoms with Gasteiger partial charge in [0.2, 0.25) is 11.8 Å². The van der Waals surface area contributed by atoms with Gasteiger partial charge in [-0.05, 0) is 73.2 Å². The molecule has 32 nitrogen and oxygen atoms in total. The van der Waals surface area contributed by atoms with Gasteiger partial charge in [-0.25, -0.2) is 4.79 Å². The molecular weight excluding hydrogens is 1620 g/mol. The average molecular weight is 1700 g/mol. The molecule has 3 atom stereocenters. The number of aliphatic hydroxyl groups is 1. The standard InChI is InChI=1S/C33H34N2O11S3.C28H31NO7S3.C9H8N2O7.CH4BNOS2/c36-26(18-20-47-48-21-19-45-33(41)46-35-31(39)16-17-32(35)40)14-15-29(49(42,43)44)28(37)10-5-11-30(38)34-22-25-8-2-1-6-23(25)12-13-24-7-3-4-9-27(24)34;30-17-19-38-37-18-16-24(31)14-15-27(39(34,35)36)26(32)10-5-11-28(33)29-20-23-8-2-1-6-21(23)12-13-22-7-3-4-9-25(22)29;12-5-1-2-6(13)10(5)17-9(16)18-11-7(14)3-4-8(11)15;3-4-2-6-1-5/h1-4,6-9,29H,5,10-11,14-22H2,(H,42,43,44);1-4,6-9,27,30H,5,10-11,14-20H2,(H,34,35,36);1-4H2;1,6H,3H2/i;;;6D. The number of benzene rings is 4. The Hall–Kier alpha value is -8.82. The number of fused-ring (bicyclic) bond motifs is 4. The number of hydroxylamine groups is 6. The quantitative estimate of drug-likeness (QED) is 0.00282. The van der Waals surface area contributed by atoms with Gasteiger partial charge in [-0.3, -0.25) is 81.2 Å². The van der Waals surface area contributed by atoms with Crippen molar-refractivity contribution in [1.29, 1.82) is 1.12 Å². The number of nitrogens with zero attached hydrogens (tertiary/aromatic N) is 5. The number of aliphatic hydroxyl groups excluding tert-OH is 1. The van der Waals surface area contributed by atoms with Gasteiger partial charge in [0, 0.05) is 135 Å². The van der Waals surface area contributed by atoms with Crippen molar-refractivity contribution in [3.63, 3.8) is 0 Å². The normalized spacial score (nSPS) is 14.9. The van der Waals surface area contributed by atoms with Crippen molar-refractivity contribution < 1.29 is 122 Å². The van der Waals surface area contributed by atoms with Crippen molar-refractivity contribution in [3.05, 3.63) is 130 Å². The SMILES string of the molecule is O=C(CCSSCCO)CCC(C(=O)CCCC(=O)N1Cc2ccccc2C#Cc2ccccc21)S(=O)(=O)O.O=C(CCSSCCOC(=O)ON1C(=O)CCC1=O)CCC(C(=O)CCCC(=O)N1Cc2ccccc2C#Cc2ccccc21)S(=O)(=O)O.O=C(ON1C(=O)CCC1=O)ON1C(=O)CCC1=O.[2H]S(=BON)C=S. The Labute approximate surface area is 671 Å². The number of rotatable bonds is 36. The summed E-state index contributed by atoms with van der Waals surface area (Å²) in [6.45, 7) is 0.553. The zero-order valence-corrected chi connectivity index (χ0v) is 66.3. The molecule has 5 N–H and O–H groups in total. The first-order chi connectivity index (χ1) is 53.9. The molecule has 3 fully saturated rings. The third kappa shape index (κ3) is 30.6. The van der Waals surface area contributed by atoms with Crippen molar-refractivity contribution in [2.75, 3.05) is 46.0 Å². The first-order valence-corrected chi connectivity index (χ1v) is 43.6. The number of amides is 8. The van der Waals surface area contributed by atoms with Gasteiger partial charge in [0.15, 0.2) is 11.6 Å². The van der Waals surface area contributed by atoms with Gasteiger partial charge in [0.25, 0.3) is 55.7 Å². The van der Waals surface area contributed by atoms with E-state index in [1.165, 1.54) is 47.9 Å². The summed E-state index contributed by atoms with van der Waals surface area (Å²) in [6.07, 6.45) is -3.01. The van der Waals surface area contributed by atoms with Crippen LogP contribution in [-0.2, 0) is 115 Å². The van der Waals surface area contributed by atoms with E-state index in [2.05, 4.69) is 61.1 Å². The molecule has 5 aliphatic heterocycles. The minimum atomic E-state index is -4.78. The van der Waals surface area contributed by atoms with E-state index in [4.69, 9.17) is 11.0 Å². The molecule has 0 aliphatic carbocycles. The van der Waals surface area contributed by atoms with Crippen LogP contribution in [0.5, 0.6) is 0 Å². The Morgan fingerprint density at radius 3 is 1.22 bits per heavy atom. The van der Waals surface area contributed by atoms with Crippen molar-refractivity contribution in [2.24, 2.45) is 5.90 Å². The molecule has 9 rings (SSSR count). The molecule has 598 valence electrons. The van der Waals surface area contributed by atoms with Gasteiger partial charge in [0.1, 0.15) is 28.7 Å². The Kier molecular flexibility index (Phi) is 38.4. The van der Waals surface area contributed by atoms with E-state index in [1.54, 1.807) is 21.9 Å². The maximum atomic E-state index is 13.4. The number of carbonyl (C=O) groups is 14. The Balaban J connectivity index is 0.000000274. The van der Waals surface area contributed by atoms with Crippen molar-refractivity contribution >= 4 is 192 Å². The third-order valence-corrected chi connectivity index (χ3v) is 24.0. The van der Waals surface area contributed by atoms with Crippen molar-refractivity contribution in [2.45, 2.75) is 139 Å². The molecule has 0 radical (unpaired) electrons. The van der Waals surface area contributed by atoms with Crippen LogP contribution in [-0.4, -0.2) is 188 Å². The molecule has 0 bridgehead atoms. The maximum absolute atomic E-state index is 13.4. The van der Waals surface area contributed by atoms with Gasteiger partial charge in [-0.1, -0.05) is 143 Å². The monoisotopic (exact) mass is 1700 g/mol. The van der Waals surface area contributed by atoms with E-state index < -0.39 is 101 Å². The number of ketones is 4. The van der Waals surface area contributed by atoms with Crippen LogP contribution in [0.4, 0.5) is 21.0 Å². The second-order valence-corrected chi connectivity index (χ2v) is 33.8. The van der Waals surface area contributed by atoms with Gasteiger partial charge >= 0.3 is 58.5 Å². The number of carbonyl (C=O) groups excluding carboxylic acids is 14. The minimum absolute atomic E-state index is 0.00444. The Morgan fingerprint density at radius 2 is 0.857 bits per heavy atom. The Bertz CT molecular complexity index is 4540. The zero-order chi connectivity index (χ0) is 82.6. The summed E-state index contributed by atoms with van der Waals surface area (Å²) in [5, 5.41) is 6.18. The van der Waals surface area contributed by atoms with E-state index in [1.807, 2.05) is 84.9 Å². The van der Waals surface area contributed by atoms with Crippen molar-refractivity contribution in [1.82, 2.24) is 15.2 Å². The number of Topliss-reactive ketones (excluding diaryl/α,β-unsaturated/α-hetero) is 4.